The van der Waals surface area contributed by atoms with Gasteiger partial charge in [-0.2, -0.15) is 0 Å². The monoisotopic (exact) mass is 356 g/mol. The quantitative estimate of drug-likeness (QED) is 0.446. The first kappa shape index (κ1) is 17.2. The average molecular weight is 357 g/mol. The van der Waals surface area contributed by atoms with Crippen LogP contribution in [0.3, 0.4) is 0 Å². The predicted molar refractivity (Wildman–Crippen MR) is 99.1 cm³/mol. The van der Waals surface area contributed by atoms with Crippen LogP contribution in [0.1, 0.15) is 25.6 Å². The number of aromatic nitrogens is 1. The molecule has 0 saturated heterocycles. The first-order valence-corrected chi connectivity index (χ1v) is 8.17. The zero-order valence-corrected chi connectivity index (χ0v) is 14.9. The van der Waals surface area contributed by atoms with Crippen LogP contribution in [0.4, 0.5) is 5.69 Å². The lowest BCUT2D eigenvalue weighted by Crippen LogP contribution is -2.25. The number of hydrogen-bond donors (Lipinski definition) is 0. The molecule has 0 aliphatic carbocycles. The van der Waals surface area contributed by atoms with Crippen molar-refractivity contribution < 1.29 is 9.72 Å². The Bertz CT molecular complexity index is 1000. The standard InChI is InChI=1S/C19H17ClN2O3/c1-19(2,3)18(23)21-11-15(13-6-4-5-7-17(13)21)14-10-12(22(24)25)8-9-16(14)20/h4-11H,1-3H3. The Morgan fingerprint density at radius 2 is 1.80 bits per heavy atom. The number of rotatable bonds is 2. The Kier molecular flexibility index (Phi) is 4.13. The summed E-state index contributed by atoms with van der Waals surface area (Å²) >= 11 is 6.30. The molecule has 0 bridgehead atoms. The molecule has 0 N–H and O–H groups in total. The van der Waals surface area contributed by atoms with Crippen LogP contribution in [0.2, 0.25) is 5.02 Å². The SMILES string of the molecule is CC(C)(C)C(=O)n1cc(-c2cc([N+](=O)[O-])ccc2Cl)c2ccccc21. The molecule has 0 saturated carbocycles. The fourth-order valence-electron chi connectivity index (χ4n) is 2.76. The van der Waals surface area contributed by atoms with E-state index in [1.165, 1.54) is 18.2 Å². The summed E-state index contributed by atoms with van der Waals surface area (Å²) in [5.74, 6) is -0.0588. The van der Waals surface area contributed by atoms with Crippen LogP contribution in [0, 0.1) is 15.5 Å². The van der Waals surface area contributed by atoms with Crippen molar-refractivity contribution in [3.05, 3.63) is 63.8 Å². The van der Waals surface area contributed by atoms with Crippen molar-refractivity contribution in [2.75, 3.05) is 0 Å². The smallest absolute Gasteiger partial charge is 0.270 e. The molecule has 2 aromatic carbocycles. The van der Waals surface area contributed by atoms with E-state index < -0.39 is 10.3 Å². The summed E-state index contributed by atoms with van der Waals surface area (Å²) in [4.78, 5) is 23.5. The van der Waals surface area contributed by atoms with E-state index in [0.717, 1.165) is 10.9 Å². The molecule has 0 amide bonds. The number of benzene rings is 2. The van der Waals surface area contributed by atoms with E-state index in [2.05, 4.69) is 0 Å². The van der Waals surface area contributed by atoms with Gasteiger partial charge in [0, 0.05) is 45.3 Å². The van der Waals surface area contributed by atoms with Crippen LogP contribution in [0.15, 0.2) is 48.7 Å². The first-order valence-electron chi connectivity index (χ1n) is 7.79. The van der Waals surface area contributed by atoms with Gasteiger partial charge in [-0.25, -0.2) is 0 Å². The highest BCUT2D eigenvalue weighted by Gasteiger charge is 2.26. The van der Waals surface area contributed by atoms with E-state index in [-0.39, 0.29) is 11.6 Å². The Morgan fingerprint density at radius 3 is 2.44 bits per heavy atom. The average Bonchev–Trinajstić information content (AvgIpc) is 2.93. The number of hydrogen-bond acceptors (Lipinski definition) is 3. The van der Waals surface area contributed by atoms with Crippen LogP contribution in [-0.4, -0.2) is 15.4 Å². The molecule has 0 aliphatic rings. The second-order valence-electron chi connectivity index (χ2n) is 6.91. The third-order valence-electron chi connectivity index (χ3n) is 4.02. The molecular weight excluding hydrogens is 340 g/mol. The molecule has 0 unspecified atom stereocenters. The number of carbonyl (C=O) groups excluding carboxylic acids is 1. The molecule has 5 nitrogen and oxygen atoms in total. The van der Waals surface area contributed by atoms with Gasteiger partial charge >= 0.3 is 0 Å². The highest BCUT2D eigenvalue weighted by atomic mass is 35.5. The van der Waals surface area contributed by atoms with Gasteiger partial charge in [0.2, 0.25) is 5.91 Å². The Hall–Kier alpha value is -2.66. The molecular formula is C19H17ClN2O3. The Labute approximate surface area is 150 Å². The van der Waals surface area contributed by atoms with E-state index in [4.69, 9.17) is 11.6 Å². The fourth-order valence-corrected chi connectivity index (χ4v) is 2.98. The number of fused-ring (bicyclic) bond motifs is 1. The van der Waals surface area contributed by atoms with Crippen LogP contribution < -0.4 is 0 Å². The van der Waals surface area contributed by atoms with Gasteiger partial charge in [-0.05, 0) is 12.1 Å². The minimum absolute atomic E-state index is 0.0432. The van der Waals surface area contributed by atoms with Crippen molar-refractivity contribution in [3.8, 4) is 11.1 Å². The molecule has 1 heterocycles. The lowest BCUT2D eigenvalue weighted by molar-refractivity contribution is -0.384. The number of halogens is 1. The molecule has 0 aliphatic heterocycles. The van der Waals surface area contributed by atoms with Gasteiger partial charge in [0.05, 0.1) is 10.4 Å². The van der Waals surface area contributed by atoms with Crippen molar-refractivity contribution in [3.63, 3.8) is 0 Å². The number of nitro benzene ring substituents is 1. The summed E-state index contributed by atoms with van der Waals surface area (Å²) < 4.78 is 1.60. The van der Waals surface area contributed by atoms with E-state index in [1.807, 2.05) is 45.0 Å². The molecule has 25 heavy (non-hydrogen) atoms. The maximum atomic E-state index is 12.8. The third kappa shape index (κ3) is 3.03. The van der Waals surface area contributed by atoms with Gasteiger partial charge < -0.3 is 0 Å². The molecule has 0 atom stereocenters. The van der Waals surface area contributed by atoms with Gasteiger partial charge in [0.25, 0.3) is 5.69 Å². The second kappa shape index (κ2) is 6.01. The maximum Gasteiger partial charge on any atom is 0.270 e. The highest BCUT2D eigenvalue weighted by Crippen LogP contribution is 2.37. The highest BCUT2D eigenvalue weighted by molar-refractivity contribution is 6.34. The minimum Gasteiger partial charge on any atom is -0.286 e. The van der Waals surface area contributed by atoms with E-state index in [0.29, 0.717) is 16.1 Å². The Morgan fingerprint density at radius 1 is 1.12 bits per heavy atom. The molecule has 0 radical (unpaired) electrons. The lowest BCUT2D eigenvalue weighted by atomic mass is 9.95. The summed E-state index contributed by atoms with van der Waals surface area (Å²) in [6, 6.07) is 11.8. The summed E-state index contributed by atoms with van der Waals surface area (Å²) in [7, 11) is 0. The summed E-state index contributed by atoms with van der Waals surface area (Å²) in [5.41, 5.74) is 1.37. The zero-order chi connectivity index (χ0) is 18.4. The Balaban J connectivity index is 2.30. The number of nitrogens with zero attached hydrogens (tertiary/aromatic N) is 2. The summed E-state index contributed by atoms with van der Waals surface area (Å²) in [6.45, 7) is 5.55. The van der Waals surface area contributed by atoms with Crippen LogP contribution >= 0.6 is 11.6 Å². The summed E-state index contributed by atoms with van der Waals surface area (Å²) in [5, 5.41) is 12.3. The van der Waals surface area contributed by atoms with Crippen molar-refractivity contribution >= 4 is 34.1 Å². The largest absolute Gasteiger partial charge is 0.286 e. The number of carbonyl (C=O) groups is 1. The van der Waals surface area contributed by atoms with Crippen LogP contribution in [-0.2, 0) is 0 Å². The van der Waals surface area contributed by atoms with E-state index in [1.54, 1.807) is 10.8 Å². The molecule has 6 heteroatoms. The third-order valence-corrected chi connectivity index (χ3v) is 4.35. The van der Waals surface area contributed by atoms with Gasteiger partial charge in [-0.15, -0.1) is 0 Å². The van der Waals surface area contributed by atoms with Crippen LogP contribution in [0.25, 0.3) is 22.0 Å². The van der Waals surface area contributed by atoms with Crippen molar-refractivity contribution in [2.24, 2.45) is 5.41 Å². The molecule has 3 rings (SSSR count). The molecule has 0 fully saturated rings. The van der Waals surface area contributed by atoms with E-state index in [9.17, 15) is 14.9 Å². The van der Waals surface area contributed by atoms with Crippen molar-refractivity contribution in [1.82, 2.24) is 4.57 Å². The molecule has 1 aromatic heterocycles. The fraction of sp³-hybridized carbons (Fsp3) is 0.211. The van der Waals surface area contributed by atoms with Crippen LogP contribution in [0.5, 0.6) is 0 Å². The summed E-state index contributed by atoms with van der Waals surface area (Å²) in [6.07, 6.45) is 1.71. The number of para-hydroxylation sites is 1. The number of non-ortho nitro benzene ring substituents is 1. The van der Waals surface area contributed by atoms with Crippen molar-refractivity contribution in [1.29, 1.82) is 0 Å². The number of nitro groups is 1. The van der Waals surface area contributed by atoms with Crippen molar-refractivity contribution in [2.45, 2.75) is 20.8 Å². The second-order valence-corrected chi connectivity index (χ2v) is 7.31. The van der Waals surface area contributed by atoms with Gasteiger partial charge in [0.1, 0.15) is 0 Å². The normalized spacial score (nSPS) is 11.7. The first-order chi connectivity index (χ1) is 11.7. The van der Waals surface area contributed by atoms with E-state index >= 15 is 0 Å². The van der Waals surface area contributed by atoms with Gasteiger partial charge in [-0.3, -0.25) is 19.5 Å². The maximum absolute atomic E-state index is 12.8. The van der Waals surface area contributed by atoms with Gasteiger partial charge in [0.15, 0.2) is 0 Å². The minimum atomic E-state index is -0.564. The van der Waals surface area contributed by atoms with Gasteiger partial charge in [-0.1, -0.05) is 50.6 Å². The topological polar surface area (TPSA) is 65.1 Å². The predicted octanol–water partition coefficient (Wildman–Crippen LogP) is 5.56. The zero-order valence-electron chi connectivity index (χ0n) is 14.1. The lowest BCUT2D eigenvalue weighted by Gasteiger charge is -2.17. The molecule has 128 valence electrons. The molecule has 3 aromatic rings. The molecule has 0 spiro atoms.